The van der Waals surface area contributed by atoms with E-state index in [0.717, 1.165) is 23.3 Å². The van der Waals surface area contributed by atoms with Gasteiger partial charge in [-0.1, -0.05) is 12.1 Å². The molecule has 0 amide bonds. The van der Waals surface area contributed by atoms with E-state index in [4.69, 9.17) is 5.26 Å². The lowest BCUT2D eigenvalue weighted by Crippen LogP contribution is -2.42. The van der Waals surface area contributed by atoms with Crippen LogP contribution in [0.15, 0.2) is 29.3 Å². The Hall–Kier alpha value is -0.940. The van der Waals surface area contributed by atoms with Gasteiger partial charge in [0.25, 0.3) is 0 Å². The third-order valence-corrected chi connectivity index (χ3v) is 5.00. The number of rotatable bonds is 5. The molecule has 0 radical (unpaired) electrons. The predicted octanol–water partition coefficient (Wildman–Crippen LogP) is 3.52. The van der Waals surface area contributed by atoms with Crippen LogP contribution in [0, 0.1) is 11.3 Å². The van der Waals surface area contributed by atoms with E-state index in [1.54, 1.807) is 0 Å². The number of aliphatic imine (C=N–C) groups is 1. The minimum absolute atomic E-state index is 0. The Morgan fingerprint density at radius 1 is 1.35 bits per heavy atom. The van der Waals surface area contributed by atoms with Crippen molar-refractivity contribution in [2.75, 3.05) is 12.8 Å². The largest absolute Gasteiger partial charge is 0.357 e. The maximum absolute atomic E-state index is 8.82. The van der Waals surface area contributed by atoms with E-state index in [-0.39, 0.29) is 24.0 Å². The number of nitriles is 1. The van der Waals surface area contributed by atoms with Crippen molar-refractivity contribution in [3.05, 3.63) is 35.4 Å². The molecular formula is C17H25IN4S. The lowest BCUT2D eigenvalue weighted by molar-refractivity contribution is 0.615. The fraction of sp³-hybridized carbons (Fsp3) is 0.529. The summed E-state index contributed by atoms with van der Waals surface area (Å²) in [5.74, 6) is 0.888. The second-order valence-electron chi connectivity index (χ2n) is 5.52. The molecule has 0 aromatic heterocycles. The zero-order valence-corrected chi connectivity index (χ0v) is 16.9. The van der Waals surface area contributed by atoms with Crippen LogP contribution in [0.3, 0.4) is 0 Å². The molecule has 0 bridgehead atoms. The van der Waals surface area contributed by atoms with E-state index in [0.29, 0.717) is 18.2 Å². The topological polar surface area (TPSA) is 60.2 Å². The lowest BCUT2D eigenvalue weighted by Gasteiger charge is -2.17. The van der Waals surface area contributed by atoms with Gasteiger partial charge in [0, 0.05) is 17.8 Å². The minimum atomic E-state index is 0. The summed E-state index contributed by atoms with van der Waals surface area (Å²) in [4.78, 5) is 4.66. The number of halogens is 1. The zero-order valence-electron chi connectivity index (χ0n) is 13.7. The minimum Gasteiger partial charge on any atom is -0.357 e. The average Bonchev–Trinajstić information content (AvgIpc) is 3.01. The quantitative estimate of drug-likeness (QED) is 0.415. The van der Waals surface area contributed by atoms with E-state index in [1.807, 2.05) is 36.0 Å². The Labute approximate surface area is 160 Å². The second kappa shape index (κ2) is 10.8. The molecule has 0 heterocycles. The Morgan fingerprint density at radius 3 is 2.65 bits per heavy atom. The van der Waals surface area contributed by atoms with Gasteiger partial charge in [-0.3, -0.25) is 0 Å². The molecule has 0 aliphatic heterocycles. The first kappa shape index (κ1) is 20.1. The molecule has 2 N–H and O–H groups in total. The fourth-order valence-corrected chi connectivity index (χ4v) is 3.45. The maximum atomic E-state index is 8.82. The lowest BCUT2D eigenvalue weighted by atomic mass is 10.1. The summed E-state index contributed by atoms with van der Waals surface area (Å²) in [7, 11) is 0. The van der Waals surface area contributed by atoms with E-state index in [9.17, 15) is 0 Å². The first-order valence-electron chi connectivity index (χ1n) is 7.81. The van der Waals surface area contributed by atoms with Crippen molar-refractivity contribution in [1.29, 1.82) is 5.26 Å². The average molecular weight is 444 g/mol. The molecular weight excluding hydrogens is 419 g/mol. The van der Waals surface area contributed by atoms with E-state index in [2.05, 4.69) is 34.9 Å². The Kier molecular flexibility index (Phi) is 9.41. The van der Waals surface area contributed by atoms with Crippen molar-refractivity contribution < 1.29 is 0 Å². The summed E-state index contributed by atoms with van der Waals surface area (Å²) in [6.07, 6.45) is 5.90. The molecule has 0 spiro atoms. The summed E-state index contributed by atoms with van der Waals surface area (Å²) in [6, 6.07) is 10.3. The van der Waals surface area contributed by atoms with Gasteiger partial charge in [0.15, 0.2) is 5.96 Å². The third kappa shape index (κ3) is 6.60. The summed E-state index contributed by atoms with van der Waals surface area (Å²) in [5.41, 5.74) is 1.80. The first-order chi connectivity index (χ1) is 10.7. The molecule has 1 saturated carbocycles. The molecule has 4 nitrogen and oxygen atoms in total. The highest BCUT2D eigenvalue weighted by molar-refractivity contribution is 14.0. The van der Waals surface area contributed by atoms with Gasteiger partial charge in [0.05, 0.1) is 18.2 Å². The van der Waals surface area contributed by atoms with Crippen molar-refractivity contribution in [2.24, 2.45) is 4.99 Å². The molecule has 2 unspecified atom stereocenters. The van der Waals surface area contributed by atoms with Crippen LogP contribution in [0.25, 0.3) is 0 Å². The standard InChI is InChI=1S/C17H24N4S.HI/c1-3-19-17(21-15-8-9-16(10-15)22-2)20-12-14-6-4-13(11-18)5-7-14;/h4-7,15-16H,3,8-10,12H2,1-2H3,(H2,19,20,21);1H. The summed E-state index contributed by atoms with van der Waals surface area (Å²) in [5, 5.41) is 16.5. The van der Waals surface area contributed by atoms with Gasteiger partial charge in [0.1, 0.15) is 0 Å². The van der Waals surface area contributed by atoms with Crippen molar-refractivity contribution in [3.63, 3.8) is 0 Å². The maximum Gasteiger partial charge on any atom is 0.191 e. The highest BCUT2D eigenvalue weighted by Crippen LogP contribution is 2.28. The highest BCUT2D eigenvalue weighted by Gasteiger charge is 2.24. The molecule has 1 aliphatic rings. The fourth-order valence-electron chi connectivity index (χ4n) is 2.65. The number of benzene rings is 1. The molecule has 2 rings (SSSR count). The molecule has 1 aliphatic carbocycles. The third-order valence-electron chi connectivity index (χ3n) is 3.91. The predicted molar refractivity (Wildman–Crippen MR) is 109 cm³/mol. The molecule has 0 saturated heterocycles. The van der Waals surface area contributed by atoms with Crippen LogP contribution < -0.4 is 10.6 Å². The van der Waals surface area contributed by atoms with Gasteiger partial charge < -0.3 is 10.6 Å². The van der Waals surface area contributed by atoms with Crippen LogP contribution in [0.5, 0.6) is 0 Å². The number of nitrogens with one attached hydrogen (secondary N) is 2. The van der Waals surface area contributed by atoms with Crippen LogP contribution in [0.1, 0.15) is 37.3 Å². The van der Waals surface area contributed by atoms with Crippen LogP contribution in [-0.4, -0.2) is 30.1 Å². The number of thioether (sulfide) groups is 1. The smallest absolute Gasteiger partial charge is 0.191 e. The molecule has 126 valence electrons. The highest BCUT2D eigenvalue weighted by atomic mass is 127. The summed E-state index contributed by atoms with van der Waals surface area (Å²) in [6.45, 7) is 3.57. The van der Waals surface area contributed by atoms with Gasteiger partial charge in [0.2, 0.25) is 0 Å². The number of hydrogen-bond acceptors (Lipinski definition) is 3. The van der Waals surface area contributed by atoms with E-state index in [1.165, 1.54) is 19.3 Å². The van der Waals surface area contributed by atoms with Gasteiger partial charge in [-0.15, -0.1) is 24.0 Å². The molecule has 1 aromatic rings. The van der Waals surface area contributed by atoms with Crippen LogP contribution in [0.2, 0.25) is 0 Å². The van der Waals surface area contributed by atoms with Crippen LogP contribution in [0.4, 0.5) is 0 Å². The molecule has 6 heteroatoms. The van der Waals surface area contributed by atoms with Crippen molar-refractivity contribution in [2.45, 2.75) is 44.0 Å². The van der Waals surface area contributed by atoms with Gasteiger partial charge in [-0.25, -0.2) is 4.99 Å². The second-order valence-corrected chi connectivity index (χ2v) is 6.65. The first-order valence-corrected chi connectivity index (χ1v) is 9.10. The molecule has 2 atom stereocenters. The van der Waals surface area contributed by atoms with Crippen molar-refractivity contribution in [3.8, 4) is 6.07 Å². The van der Waals surface area contributed by atoms with Gasteiger partial charge in [-0.2, -0.15) is 17.0 Å². The summed E-state index contributed by atoms with van der Waals surface area (Å²) >= 11 is 1.96. The monoisotopic (exact) mass is 444 g/mol. The molecule has 1 fully saturated rings. The number of hydrogen-bond donors (Lipinski definition) is 2. The van der Waals surface area contributed by atoms with Crippen molar-refractivity contribution >= 4 is 41.7 Å². The van der Waals surface area contributed by atoms with Crippen LogP contribution >= 0.6 is 35.7 Å². The van der Waals surface area contributed by atoms with Gasteiger partial charge in [-0.05, 0) is 50.1 Å². The Balaban J connectivity index is 0.00000264. The molecule has 1 aromatic carbocycles. The van der Waals surface area contributed by atoms with E-state index >= 15 is 0 Å². The normalized spacial score (nSPS) is 20.5. The molecule has 23 heavy (non-hydrogen) atoms. The SMILES string of the molecule is CCNC(=NCc1ccc(C#N)cc1)NC1CCC(SC)C1.I. The number of nitrogens with zero attached hydrogens (tertiary/aromatic N) is 2. The van der Waals surface area contributed by atoms with E-state index < -0.39 is 0 Å². The van der Waals surface area contributed by atoms with Crippen LogP contribution in [-0.2, 0) is 6.54 Å². The summed E-state index contributed by atoms with van der Waals surface area (Å²) < 4.78 is 0. The zero-order chi connectivity index (χ0) is 15.8. The Morgan fingerprint density at radius 2 is 2.09 bits per heavy atom. The number of guanidine groups is 1. The van der Waals surface area contributed by atoms with Gasteiger partial charge >= 0.3 is 0 Å². The Bertz CT molecular complexity index is 539. The van der Waals surface area contributed by atoms with Crippen molar-refractivity contribution in [1.82, 2.24) is 10.6 Å².